The number of rotatable bonds is 3. The van der Waals surface area contributed by atoms with Crippen LogP contribution in [0.5, 0.6) is 0 Å². The van der Waals surface area contributed by atoms with Gasteiger partial charge in [0.05, 0.1) is 5.88 Å². The molecule has 0 aromatic carbocycles. The van der Waals surface area contributed by atoms with Crippen LogP contribution in [0, 0.1) is 10.7 Å². The lowest BCUT2D eigenvalue weighted by Gasteiger charge is -1.94. The Morgan fingerprint density at radius 1 is 1.40 bits per heavy atom. The molecular formula is C5H4Cl3NS. The fourth-order valence-corrected chi connectivity index (χ4v) is 1.22. The maximum atomic E-state index is 8.13. The summed E-state index contributed by atoms with van der Waals surface area (Å²) in [5.74, 6) is 0.607. The highest BCUT2D eigenvalue weighted by Gasteiger charge is 1.99. The normalized spacial score (nSPS) is 12.2. The van der Waals surface area contributed by atoms with Crippen LogP contribution in [-0.4, -0.2) is 11.6 Å². The van der Waals surface area contributed by atoms with Gasteiger partial charge < -0.3 is 0 Å². The van der Waals surface area contributed by atoms with Crippen molar-refractivity contribution in [1.29, 1.82) is 5.26 Å². The van der Waals surface area contributed by atoms with Crippen molar-refractivity contribution < 1.29 is 0 Å². The summed E-state index contributed by atoms with van der Waals surface area (Å²) in [6, 6.07) is 0. The molecule has 0 aliphatic rings. The third kappa shape index (κ3) is 4.29. The lowest BCUT2D eigenvalue weighted by Crippen LogP contribution is -1.82. The van der Waals surface area contributed by atoms with Crippen molar-refractivity contribution in [3.05, 3.63) is 10.1 Å². The van der Waals surface area contributed by atoms with Gasteiger partial charge in [-0.2, -0.15) is 5.26 Å². The quantitative estimate of drug-likeness (QED) is 0.535. The minimum atomic E-state index is 0.201. The molecule has 0 fully saturated rings. The molecule has 0 radical (unpaired) electrons. The molecule has 0 aliphatic carbocycles. The Labute approximate surface area is 78.9 Å². The van der Waals surface area contributed by atoms with Crippen LogP contribution >= 0.6 is 46.6 Å². The van der Waals surface area contributed by atoms with E-state index in [1.165, 1.54) is 0 Å². The zero-order valence-electron chi connectivity index (χ0n) is 4.90. The zero-order chi connectivity index (χ0) is 7.98. The lowest BCUT2D eigenvalue weighted by molar-refractivity contribution is 1.54. The molecule has 0 unspecified atom stereocenters. The van der Waals surface area contributed by atoms with Gasteiger partial charge in [0, 0.05) is 15.8 Å². The fourth-order valence-electron chi connectivity index (χ4n) is 0.246. The van der Waals surface area contributed by atoms with Gasteiger partial charge in [-0.1, -0.05) is 23.2 Å². The molecule has 0 heterocycles. The number of hydrogen-bond donors (Lipinski definition) is 0. The molecule has 0 amide bonds. The van der Waals surface area contributed by atoms with Crippen molar-refractivity contribution >= 4 is 46.6 Å². The molecule has 0 rings (SSSR count). The highest BCUT2D eigenvalue weighted by Crippen LogP contribution is 2.19. The summed E-state index contributed by atoms with van der Waals surface area (Å²) in [6.07, 6.45) is 0. The number of halogens is 3. The summed E-state index contributed by atoms with van der Waals surface area (Å²) >= 11 is 17.5. The monoisotopic (exact) mass is 215 g/mol. The van der Waals surface area contributed by atoms with Gasteiger partial charge in [0.25, 0.3) is 0 Å². The minimum absolute atomic E-state index is 0.201. The van der Waals surface area contributed by atoms with Crippen molar-refractivity contribution in [3.8, 4) is 5.40 Å². The largest absolute Gasteiger partial charge is 0.185 e. The van der Waals surface area contributed by atoms with E-state index in [1.807, 2.05) is 5.40 Å². The highest BCUT2D eigenvalue weighted by atomic mass is 35.5. The Bertz CT molecular complexity index is 172. The molecule has 0 N–H and O–H groups in total. The van der Waals surface area contributed by atoms with E-state index in [1.54, 1.807) is 0 Å². The molecule has 0 bridgehead atoms. The standard InChI is InChI=1S/C5H4Cl3NS/c6-1-4(7)5(8)2-10-3-9/h1-2H2. The van der Waals surface area contributed by atoms with Crippen LogP contribution in [0.25, 0.3) is 0 Å². The summed E-state index contributed by atoms with van der Waals surface area (Å²) in [5, 5.41) is 10.9. The molecule has 0 saturated heterocycles. The van der Waals surface area contributed by atoms with Crippen LogP contribution < -0.4 is 0 Å². The Kier molecular flexibility index (Phi) is 6.46. The predicted molar refractivity (Wildman–Crippen MR) is 47.5 cm³/mol. The van der Waals surface area contributed by atoms with Crippen LogP contribution in [-0.2, 0) is 0 Å². The molecule has 0 atom stereocenters. The number of thiocyanates is 1. The first-order chi connectivity index (χ1) is 4.72. The number of alkyl halides is 1. The number of thioether (sulfide) groups is 1. The van der Waals surface area contributed by atoms with Gasteiger partial charge in [0.15, 0.2) is 0 Å². The number of hydrogen-bond acceptors (Lipinski definition) is 2. The molecule has 0 aliphatic heterocycles. The van der Waals surface area contributed by atoms with E-state index in [9.17, 15) is 0 Å². The third-order valence-corrected chi connectivity index (χ3v) is 2.62. The second-order valence-electron chi connectivity index (χ2n) is 1.32. The van der Waals surface area contributed by atoms with Crippen molar-refractivity contribution in [1.82, 2.24) is 0 Å². The number of nitriles is 1. The smallest absolute Gasteiger partial charge is 0.133 e. The van der Waals surface area contributed by atoms with Crippen molar-refractivity contribution in [2.45, 2.75) is 0 Å². The van der Waals surface area contributed by atoms with E-state index in [0.29, 0.717) is 15.8 Å². The van der Waals surface area contributed by atoms with E-state index in [4.69, 9.17) is 40.1 Å². The Morgan fingerprint density at radius 3 is 2.40 bits per heavy atom. The summed E-state index contributed by atoms with van der Waals surface area (Å²) < 4.78 is 0. The number of nitrogens with zero attached hydrogens (tertiary/aromatic N) is 1. The van der Waals surface area contributed by atoms with Gasteiger partial charge in [-0.05, 0) is 11.8 Å². The van der Waals surface area contributed by atoms with Gasteiger partial charge >= 0.3 is 0 Å². The Hall–Kier alpha value is 0.450. The second kappa shape index (κ2) is 6.18. The van der Waals surface area contributed by atoms with E-state index >= 15 is 0 Å². The molecule has 10 heavy (non-hydrogen) atoms. The van der Waals surface area contributed by atoms with Gasteiger partial charge in [-0.25, -0.2) is 0 Å². The van der Waals surface area contributed by atoms with Crippen molar-refractivity contribution in [2.24, 2.45) is 0 Å². The van der Waals surface area contributed by atoms with E-state index in [2.05, 4.69) is 0 Å². The maximum absolute atomic E-state index is 8.13. The van der Waals surface area contributed by atoms with Crippen LogP contribution in [0.4, 0.5) is 0 Å². The minimum Gasteiger partial charge on any atom is -0.185 e. The van der Waals surface area contributed by atoms with Gasteiger partial charge in [0.1, 0.15) is 5.40 Å². The van der Waals surface area contributed by atoms with Gasteiger partial charge in [-0.15, -0.1) is 11.6 Å². The zero-order valence-corrected chi connectivity index (χ0v) is 7.99. The first-order valence-corrected chi connectivity index (χ1v) is 4.59. The van der Waals surface area contributed by atoms with E-state index in [0.717, 1.165) is 11.8 Å². The molecule has 0 aromatic heterocycles. The Balaban J connectivity index is 3.82. The van der Waals surface area contributed by atoms with Crippen LogP contribution in [0.1, 0.15) is 0 Å². The highest BCUT2D eigenvalue weighted by molar-refractivity contribution is 8.03. The average Bonchev–Trinajstić information content (AvgIpc) is 1.98. The van der Waals surface area contributed by atoms with Crippen LogP contribution in [0.2, 0.25) is 0 Å². The summed E-state index contributed by atoms with van der Waals surface area (Å²) in [5.41, 5.74) is 0. The first kappa shape index (κ1) is 10.4. The topological polar surface area (TPSA) is 23.8 Å². The maximum Gasteiger partial charge on any atom is 0.133 e. The predicted octanol–water partition coefficient (Wildman–Crippen LogP) is 3.13. The molecule has 0 aromatic rings. The van der Waals surface area contributed by atoms with E-state index in [-0.39, 0.29) is 5.88 Å². The molecule has 0 saturated carbocycles. The Morgan fingerprint density at radius 2 is 2.00 bits per heavy atom. The van der Waals surface area contributed by atoms with Gasteiger partial charge in [0.2, 0.25) is 0 Å². The van der Waals surface area contributed by atoms with Crippen LogP contribution in [0.3, 0.4) is 0 Å². The first-order valence-electron chi connectivity index (χ1n) is 2.32. The molecule has 5 heteroatoms. The average molecular weight is 217 g/mol. The molecule has 0 spiro atoms. The number of allylic oxidation sites excluding steroid dienone is 1. The van der Waals surface area contributed by atoms with Gasteiger partial charge in [-0.3, -0.25) is 0 Å². The molecule has 56 valence electrons. The summed E-state index contributed by atoms with van der Waals surface area (Å²) in [6.45, 7) is 0. The summed E-state index contributed by atoms with van der Waals surface area (Å²) in [4.78, 5) is 0. The summed E-state index contributed by atoms with van der Waals surface area (Å²) in [7, 11) is 0. The fraction of sp³-hybridized carbons (Fsp3) is 0.400. The third-order valence-electron chi connectivity index (χ3n) is 0.675. The van der Waals surface area contributed by atoms with Crippen molar-refractivity contribution in [2.75, 3.05) is 11.6 Å². The lowest BCUT2D eigenvalue weighted by atomic mass is 10.6. The molecular weight excluding hydrogens is 212 g/mol. The van der Waals surface area contributed by atoms with Crippen LogP contribution in [0.15, 0.2) is 10.1 Å². The molecule has 1 nitrogen and oxygen atoms in total. The van der Waals surface area contributed by atoms with Crippen molar-refractivity contribution in [3.63, 3.8) is 0 Å². The van der Waals surface area contributed by atoms with E-state index < -0.39 is 0 Å². The SMILES string of the molecule is N#CSCC(Cl)=C(Cl)CCl. The second-order valence-corrected chi connectivity index (χ2v) is 3.26.